The zero-order chi connectivity index (χ0) is 7.82. The maximum atomic E-state index is 10.6. The smallest absolute Gasteiger partial charge is 0.158 e. The Kier molecular flexibility index (Phi) is 6.14. The monoisotopic (exact) mass is 139 g/mol. The van der Waals surface area contributed by atoms with E-state index in [1.807, 2.05) is 0 Å². The fraction of sp³-hybridized carbons (Fsp3) is 0.556. The Hall–Kier alpha value is -0.590. The first-order valence-corrected chi connectivity index (χ1v) is 3.81. The molecule has 0 saturated carbocycles. The molecule has 1 nitrogen and oxygen atoms in total. The molecule has 0 unspecified atom stereocenters. The molecule has 0 N–H and O–H groups in total. The van der Waals surface area contributed by atoms with Gasteiger partial charge in [-0.25, -0.2) is 0 Å². The Morgan fingerprint density at radius 3 is 2.70 bits per heavy atom. The number of carbonyl (C=O) groups is 1. The number of ketones is 1. The second-order valence-electron chi connectivity index (χ2n) is 2.31. The summed E-state index contributed by atoms with van der Waals surface area (Å²) in [5, 5.41) is 0. The molecular weight excluding hydrogens is 124 g/mol. The molecule has 0 spiro atoms. The van der Waals surface area contributed by atoms with Crippen molar-refractivity contribution in [2.45, 2.75) is 32.6 Å². The number of rotatable bonds is 6. The van der Waals surface area contributed by atoms with Crippen LogP contribution in [0.2, 0.25) is 0 Å². The summed E-state index contributed by atoms with van der Waals surface area (Å²) < 4.78 is 0. The van der Waals surface area contributed by atoms with E-state index in [-0.39, 0.29) is 5.78 Å². The molecule has 0 fully saturated rings. The van der Waals surface area contributed by atoms with E-state index in [0.29, 0.717) is 0 Å². The molecule has 0 heterocycles. The van der Waals surface area contributed by atoms with Crippen molar-refractivity contribution in [3.05, 3.63) is 19.1 Å². The van der Waals surface area contributed by atoms with Gasteiger partial charge in [0.2, 0.25) is 0 Å². The maximum Gasteiger partial charge on any atom is 0.158 e. The third-order valence-electron chi connectivity index (χ3n) is 1.35. The van der Waals surface area contributed by atoms with E-state index in [0.717, 1.165) is 12.8 Å². The lowest BCUT2D eigenvalue weighted by molar-refractivity contribution is -0.111. The minimum absolute atomic E-state index is 0.0519. The molecule has 0 saturated heterocycles. The molecule has 0 aromatic rings. The molecule has 10 heavy (non-hydrogen) atoms. The molecule has 0 aliphatic carbocycles. The molecule has 0 aliphatic heterocycles. The summed E-state index contributed by atoms with van der Waals surface area (Å²) in [5.74, 6) is 0.0519. The van der Waals surface area contributed by atoms with Crippen molar-refractivity contribution in [3.63, 3.8) is 0 Å². The molecular formula is C9H15O. The second-order valence-corrected chi connectivity index (χ2v) is 2.31. The standard InChI is InChI=1S/C9H15O/c1-3-5-6-7-8-9(10)4-2/h4,8H,2-3,5-7H2,1H3. The molecule has 0 atom stereocenters. The van der Waals surface area contributed by atoms with E-state index in [1.54, 1.807) is 6.42 Å². The summed E-state index contributed by atoms with van der Waals surface area (Å²) in [7, 11) is 0. The fourth-order valence-electron chi connectivity index (χ4n) is 0.722. The van der Waals surface area contributed by atoms with Crippen molar-refractivity contribution >= 4 is 5.78 Å². The Morgan fingerprint density at radius 1 is 1.50 bits per heavy atom. The molecule has 0 aromatic carbocycles. The van der Waals surface area contributed by atoms with E-state index in [2.05, 4.69) is 13.5 Å². The first-order chi connectivity index (χ1) is 4.81. The summed E-state index contributed by atoms with van der Waals surface area (Å²) in [4.78, 5) is 10.6. The van der Waals surface area contributed by atoms with Gasteiger partial charge in [-0.2, -0.15) is 0 Å². The van der Waals surface area contributed by atoms with Crippen molar-refractivity contribution in [1.82, 2.24) is 0 Å². The zero-order valence-corrected chi connectivity index (χ0v) is 6.60. The van der Waals surface area contributed by atoms with E-state index in [1.165, 1.54) is 18.9 Å². The van der Waals surface area contributed by atoms with E-state index < -0.39 is 0 Å². The Balaban J connectivity index is 3.03. The van der Waals surface area contributed by atoms with Crippen LogP contribution in [0.15, 0.2) is 12.7 Å². The topological polar surface area (TPSA) is 17.1 Å². The predicted molar refractivity (Wildman–Crippen MR) is 43.6 cm³/mol. The van der Waals surface area contributed by atoms with Crippen LogP contribution in [0.5, 0.6) is 0 Å². The number of hydrogen-bond donors (Lipinski definition) is 0. The van der Waals surface area contributed by atoms with Gasteiger partial charge in [0.15, 0.2) is 5.78 Å². The van der Waals surface area contributed by atoms with Crippen molar-refractivity contribution in [1.29, 1.82) is 0 Å². The number of hydrogen-bond acceptors (Lipinski definition) is 1. The van der Waals surface area contributed by atoms with E-state index in [9.17, 15) is 4.79 Å². The van der Waals surface area contributed by atoms with Gasteiger partial charge in [-0.3, -0.25) is 4.79 Å². The van der Waals surface area contributed by atoms with Crippen LogP contribution < -0.4 is 0 Å². The lowest BCUT2D eigenvalue weighted by Gasteiger charge is -1.93. The predicted octanol–water partition coefficient (Wildman–Crippen LogP) is 2.53. The second kappa shape index (κ2) is 6.53. The molecule has 0 bridgehead atoms. The van der Waals surface area contributed by atoms with Crippen molar-refractivity contribution in [3.8, 4) is 0 Å². The summed E-state index contributed by atoms with van der Waals surface area (Å²) in [6.45, 7) is 5.53. The number of allylic oxidation sites excluding steroid dienone is 1. The van der Waals surface area contributed by atoms with Crippen LogP contribution in [0, 0.1) is 6.42 Å². The third-order valence-corrected chi connectivity index (χ3v) is 1.35. The fourth-order valence-corrected chi connectivity index (χ4v) is 0.722. The van der Waals surface area contributed by atoms with Gasteiger partial charge >= 0.3 is 0 Å². The number of carbonyl (C=O) groups excluding carboxylic acids is 1. The highest BCUT2D eigenvalue weighted by atomic mass is 16.1. The van der Waals surface area contributed by atoms with Gasteiger partial charge in [0.25, 0.3) is 0 Å². The highest BCUT2D eigenvalue weighted by molar-refractivity contribution is 5.96. The van der Waals surface area contributed by atoms with Crippen LogP contribution in [0.1, 0.15) is 32.6 Å². The van der Waals surface area contributed by atoms with Gasteiger partial charge < -0.3 is 0 Å². The molecule has 1 heteroatoms. The lowest BCUT2D eigenvalue weighted by Crippen LogP contribution is -1.91. The molecule has 1 radical (unpaired) electrons. The van der Waals surface area contributed by atoms with Crippen molar-refractivity contribution in [2.75, 3.05) is 0 Å². The molecule has 0 aliphatic rings. The summed E-state index contributed by atoms with van der Waals surface area (Å²) in [6.07, 6.45) is 7.49. The first-order valence-electron chi connectivity index (χ1n) is 3.81. The van der Waals surface area contributed by atoms with Gasteiger partial charge in [-0.05, 0) is 12.5 Å². The van der Waals surface area contributed by atoms with Crippen LogP contribution in [0.4, 0.5) is 0 Å². The average Bonchev–Trinajstić information content (AvgIpc) is 1.98. The Bertz CT molecular complexity index is 105. The average molecular weight is 139 g/mol. The zero-order valence-electron chi connectivity index (χ0n) is 6.60. The van der Waals surface area contributed by atoms with Gasteiger partial charge in [-0.15, -0.1) is 0 Å². The summed E-state index contributed by atoms with van der Waals surface area (Å²) in [5.41, 5.74) is 0. The quantitative estimate of drug-likeness (QED) is 0.408. The third kappa shape index (κ3) is 5.54. The summed E-state index contributed by atoms with van der Waals surface area (Å²) >= 11 is 0. The summed E-state index contributed by atoms with van der Waals surface area (Å²) in [6, 6.07) is 0. The van der Waals surface area contributed by atoms with E-state index in [4.69, 9.17) is 0 Å². The van der Waals surface area contributed by atoms with Crippen LogP contribution in [0.3, 0.4) is 0 Å². The highest BCUT2D eigenvalue weighted by Gasteiger charge is 1.94. The maximum absolute atomic E-state index is 10.6. The van der Waals surface area contributed by atoms with Crippen LogP contribution >= 0.6 is 0 Å². The van der Waals surface area contributed by atoms with Crippen LogP contribution in [-0.4, -0.2) is 5.78 Å². The van der Waals surface area contributed by atoms with Crippen LogP contribution in [0.25, 0.3) is 0 Å². The van der Waals surface area contributed by atoms with Gasteiger partial charge in [0.05, 0.1) is 0 Å². The molecule has 57 valence electrons. The molecule has 0 rings (SSSR count). The Labute approximate surface area is 63.1 Å². The largest absolute Gasteiger partial charge is 0.295 e. The first kappa shape index (κ1) is 9.41. The van der Waals surface area contributed by atoms with Crippen molar-refractivity contribution in [2.24, 2.45) is 0 Å². The number of unbranched alkanes of at least 4 members (excludes halogenated alkanes) is 3. The Morgan fingerprint density at radius 2 is 2.20 bits per heavy atom. The van der Waals surface area contributed by atoms with Gasteiger partial charge in [0.1, 0.15) is 0 Å². The SMILES string of the molecule is C=CC(=O)[CH]CCCCC. The molecule has 0 aromatic heterocycles. The van der Waals surface area contributed by atoms with Gasteiger partial charge in [0, 0.05) is 6.42 Å². The van der Waals surface area contributed by atoms with Gasteiger partial charge in [-0.1, -0.05) is 32.8 Å². The normalized spacial score (nSPS) is 9.30. The minimum Gasteiger partial charge on any atom is -0.295 e. The molecule has 0 amide bonds. The minimum atomic E-state index is 0.0519. The van der Waals surface area contributed by atoms with Crippen molar-refractivity contribution < 1.29 is 4.79 Å². The lowest BCUT2D eigenvalue weighted by atomic mass is 10.1. The van der Waals surface area contributed by atoms with Crippen LogP contribution in [-0.2, 0) is 4.79 Å². The highest BCUT2D eigenvalue weighted by Crippen LogP contribution is 2.01. The van der Waals surface area contributed by atoms with E-state index >= 15 is 0 Å².